The molecule has 0 radical (unpaired) electrons. The Morgan fingerprint density at radius 1 is 0.603 bits per heavy atom. The van der Waals surface area contributed by atoms with Crippen LogP contribution in [0, 0.1) is 33.9 Å². The summed E-state index contributed by atoms with van der Waals surface area (Å²) in [5.41, 5.74) is 16.9. The number of rotatable bonds is 7. The Morgan fingerprint density at radius 3 is 1.90 bits per heavy atom. The Labute approximate surface area is 394 Å². The van der Waals surface area contributed by atoms with Gasteiger partial charge in [-0.15, -0.1) is 29.3 Å². The molecule has 0 aliphatic carbocycles. The topological polar surface area (TPSA) is 39.9 Å². The van der Waals surface area contributed by atoms with Gasteiger partial charge in [0.05, 0.1) is 28.0 Å². The van der Waals surface area contributed by atoms with E-state index in [2.05, 4.69) is 185 Å². The maximum absolute atomic E-state index is 7.85. The van der Waals surface area contributed by atoms with Crippen LogP contribution in [-0.4, -0.2) is 14.5 Å². The van der Waals surface area contributed by atoms with E-state index < -0.39 is 6.85 Å². The third kappa shape index (κ3) is 9.11. The Kier molecular flexibility index (Phi) is 11.3. The molecule has 0 fully saturated rings. The first kappa shape index (κ1) is 41.4. The number of benzene rings is 6. The third-order valence-corrected chi connectivity index (χ3v) is 11.9. The zero-order chi connectivity index (χ0) is 46.8. The van der Waals surface area contributed by atoms with Crippen LogP contribution in [0.1, 0.15) is 99.8 Å². The van der Waals surface area contributed by atoms with Gasteiger partial charge in [0.25, 0.3) is 0 Å². The van der Waals surface area contributed by atoms with E-state index in [0.29, 0.717) is 11.3 Å². The van der Waals surface area contributed by atoms with Gasteiger partial charge < -0.3 is 4.74 Å². The molecule has 0 amide bonds. The largest absolute Gasteiger partial charge is 2.00 e. The second kappa shape index (κ2) is 17.2. The average molecular weight is 1010 g/mol. The number of ether oxygens (including phenoxy) is 1. The molecule has 8 aromatic rings. The predicted molar refractivity (Wildman–Crippen MR) is 261 cm³/mol. The Bertz CT molecular complexity index is 3070. The second-order valence-corrected chi connectivity index (χ2v) is 19.8. The van der Waals surface area contributed by atoms with Crippen molar-refractivity contribution in [2.75, 3.05) is 0 Å². The van der Waals surface area contributed by atoms with Crippen LogP contribution in [0.5, 0.6) is 5.75 Å². The van der Waals surface area contributed by atoms with E-state index in [1.165, 1.54) is 11.1 Å². The second-order valence-electron chi connectivity index (χ2n) is 19.8. The Balaban J connectivity index is 0.00000648. The third-order valence-electron chi connectivity index (χ3n) is 11.9. The van der Waals surface area contributed by atoms with Gasteiger partial charge in [0.1, 0.15) is 5.82 Å². The molecule has 6 aromatic carbocycles. The summed E-state index contributed by atoms with van der Waals surface area (Å²) in [4.78, 5) is 10.5. The summed E-state index contributed by atoms with van der Waals surface area (Å²) in [5.74, 6) is 1.43. The summed E-state index contributed by atoms with van der Waals surface area (Å²) >= 11 is 0. The summed E-state index contributed by atoms with van der Waals surface area (Å²) in [7, 11) is 3.93. The van der Waals surface area contributed by atoms with Crippen LogP contribution in [0.3, 0.4) is 0 Å². The van der Waals surface area contributed by atoms with Crippen molar-refractivity contribution in [2.24, 2.45) is 0 Å². The fourth-order valence-corrected chi connectivity index (χ4v) is 8.34. The minimum atomic E-state index is -2.17. The van der Waals surface area contributed by atoms with Crippen molar-refractivity contribution in [3.05, 3.63) is 174 Å². The maximum Gasteiger partial charge on any atom is 2.00 e. The molecule has 0 aliphatic rings. The summed E-state index contributed by atoms with van der Waals surface area (Å²) < 4.78 is 31.8. The van der Waals surface area contributed by atoms with Crippen molar-refractivity contribution in [3.8, 4) is 67.5 Å². The minimum absolute atomic E-state index is 0. The van der Waals surface area contributed by atoms with Crippen LogP contribution in [-0.2, 0) is 37.3 Å². The molecule has 322 valence electrons. The van der Waals surface area contributed by atoms with Gasteiger partial charge in [0.2, 0.25) is 0 Å². The summed E-state index contributed by atoms with van der Waals surface area (Å²) in [5, 5.41) is 0. The van der Waals surface area contributed by atoms with Crippen molar-refractivity contribution in [1.82, 2.24) is 14.5 Å². The molecule has 8 rings (SSSR count). The number of aryl methyl sites for hydroxylation is 3. The van der Waals surface area contributed by atoms with Crippen LogP contribution >= 0.6 is 0 Å². The minimum Gasteiger partial charge on any atom is -0.665 e. The molecule has 2 heterocycles. The van der Waals surface area contributed by atoms with Gasteiger partial charge in [-0.3, -0.25) is 9.55 Å². The SMILES string of the molecule is [2H]C([2H])([2H])c1ccc(-c2ccnc(-c3[c-]c(-c4cccc5c4nc(-c4cc(C)cc(C)c4O[CH2-])n5-c4cc(C(C)(C)C)ccc4-c4ccc(C(C)(C)C)cc4)cc(C(C)(C)C)c3)c2)cc1.[Pt+2]. The number of aromatic nitrogens is 3. The summed E-state index contributed by atoms with van der Waals surface area (Å²) in [6, 6.07) is 45.8. The molecule has 5 heteroatoms. The molecule has 0 unspecified atom stereocenters. The molecule has 4 nitrogen and oxygen atoms in total. The zero-order valence-corrected chi connectivity index (χ0v) is 40.7. The van der Waals surface area contributed by atoms with Gasteiger partial charge in [0, 0.05) is 21.6 Å². The van der Waals surface area contributed by atoms with Crippen LogP contribution in [0.15, 0.2) is 128 Å². The van der Waals surface area contributed by atoms with Crippen molar-refractivity contribution >= 4 is 11.0 Å². The van der Waals surface area contributed by atoms with Crippen molar-refractivity contribution in [3.63, 3.8) is 0 Å². The number of hydrogen-bond acceptors (Lipinski definition) is 3. The van der Waals surface area contributed by atoms with Gasteiger partial charge >= 0.3 is 21.1 Å². The normalized spacial score (nSPS) is 13.0. The molecule has 0 bridgehead atoms. The van der Waals surface area contributed by atoms with Crippen LogP contribution in [0.25, 0.3) is 72.7 Å². The molecule has 0 saturated heterocycles. The number of nitrogens with zero attached hydrogens (tertiary/aromatic N) is 3. The average Bonchev–Trinajstić information content (AvgIpc) is 3.64. The zero-order valence-electron chi connectivity index (χ0n) is 41.4. The van der Waals surface area contributed by atoms with Gasteiger partial charge in [-0.2, -0.15) is 7.11 Å². The van der Waals surface area contributed by atoms with E-state index in [1.807, 2.05) is 18.2 Å². The number of pyridine rings is 1. The van der Waals surface area contributed by atoms with Crippen LogP contribution < -0.4 is 4.74 Å². The molecule has 0 N–H and O–H groups in total. The molecule has 0 atom stereocenters. The van der Waals surface area contributed by atoms with Crippen molar-refractivity contribution < 1.29 is 29.9 Å². The van der Waals surface area contributed by atoms with E-state index in [1.54, 1.807) is 18.3 Å². The number of imidazole rings is 1. The van der Waals surface area contributed by atoms with Crippen LogP contribution in [0.2, 0.25) is 0 Å². The van der Waals surface area contributed by atoms with E-state index in [0.717, 1.165) is 89.4 Å². The fourth-order valence-electron chi connectivity index (χ4n) is 8.34. The van der Waals surface area contributed by atoms with Gasteiger partial charge in [-0.1, -0.05) is 164 Å². The van der Waals surface area contributed by atoms with Gasteiger partial charge in [-0.25, -0.2) is 4.98 Å². The molecular formula is C58H59N3OPt. The first-order chi connectivity index (χ1) is 30.5. The maximum atomic E-state index is 7.85. The standard InChI is InChI=1S/C58H59N3O.Pt/c1-36-17-19-39(20-18-36)41-27-28-59-50(34-41)43-31-42(32-46(33-43)58(10,11)12)48-15-14-16-51-53(48)60-55(49-30-37(2)29-38(3)54(49)62-13)61(51)52-35-45(57(7,8)9)25-26-47(52)40-21-23-44(24-22-40)56(4,5)6;/h14-30,32-35H,13H2,1-12H3;/q-2;+2/i1D3;. The quantitative estimate of drug-likeness (QED) is 0.149. The van der Waals surface area contributed by atoms with Crippen LogP contribution in [0.4, 0.5) is 0 Å². The summed E-state index contributed by atoms with van der Waals surface area (Å²) in [6.07, 6.45) is 1.81. The first-order valence-electron chi connectivity index (χ1n) is 23.0. The molecule has 2 aromatic heterocycles. The monoisotopic (exact) mass is 1010 g/mol. The number of para-hydroxylation sites is 1. The predicted octanol–water partition coefficient (Wildman–Crippen LogP) is 15.5. The molecular weight excluding hydrogens is 950 g/mol. The van der Waals surface area contributed by atoms with Gasteiger partial charge in [0.15, 0.2) is 0 Å². The Hall–Kier alpha value is -5.57. The smallest absolute Gasteiger partial charge is 0.665 e. The van der Waals surface area contributed by atoms with E-state index >= 15 is 0 Å². The van der Waals surface area contributed by atoms with E-state index in [4.69, 9.17) is 18.8 Å². The first-order valence-corrected chi connectivity index (χ1v) is 21.5. The fraction of sp³-hybridized carbons (Fsp3) is 0.259. The number of fused-ring (bicyclic) bond motifs is 1. The molecule has 0 saturated carbocycles. The number of hydrogen-bond donors (Lipinski definition) is 0. The van der Waals surface area contributed by atoms with Crippen molar-refractivity contribution in [1.29, 1.82) is 0 Å². The molecule has 63 heavy (non-hydrogen) atoms. The molecule has 0 aliphatic heterocycles. The molecule has 0 spiro atoms. The van der Waals surface area contributed by atoms with Gasteiger partial charge in [-0.05, 0) is 100 Å². The van der Waals surface area contributed by atoms with Crippen molar-refractivity contribution in [2.45, 2.75) is 99.3 Å². The van der Waals surface area contributed by atoms with E-state index in [-0.39, 0.29) is 37.3 Å². The van der Waals surface area contributed by atoms with E-state index in [9.17, 15) is 0 Å². The summed E-state index contributed by atoms with van der Waals surface area (Å²) in [6.45, 7) is 22.2. The Morgan fingerprint density at radius 2 is 1.25 bits per heavy atom.